The molecule has 1 N–H and O–H groups in total. The summed E-state index contributed by atoms with van der Waals surface area (Å²) >= 11 is 6.17. The predicted octanol–water partition coefficient (Wildman–Crippen LogP) is 3.94. The van der Waals surface area contributed by atoms with Crippen molar-refractivity contribution in [2.45, 2.75) is 24.6 Å². The minimum atomic E-state index is -3.56. The van der Waals surface area contributed by atoms with E-state index in [4.69, 9.17) is 11.6 Å². The van der Waals surface area contributed by atoms with Crippen LogP contribution in [0.5, 0.6) is 0 Å². The third-order valence-corrected chi connectivity index (χ3v) is 6.97. The van der Waals surface area contributed by atoms with Gasteiger partial charge in [-0.15, -0.1) is 0 Å². The molecule has 1 saturated heterocycles. The van der Waals surface area contributed by atoms with Crippen LogP contribution in [0.4, 0.5) is 11.6 Å². The Labute approximate surface area is 174 Å². The largest absolute Gasteiger partial charge is 0.324 e. The van der Waals surface area contributed by atoms with E-state index < -0.39 is 10.0 Å². The van der Waals surface area contributed by atoms with Crippen LogP contribution in [0.25, 0.3) is 0 Å². The Hall–Kier alpha value is -2.55. The van der Waals surface area contributed by atoms with Gasteiger partial charge in [0.2, 0.25) is 10.0 Å². The number of nitrogens with zero attached hydrogens (tertiary/aromatic N) is 4. The molecule has 1 atom stereocenters. The smallest absolute Gasteiger partial charge is 0.218 e. The van der Waals surface area contributed by atoms with Crippen molar-refractivity contribution >= 4 is 33.3 Å². The van der Waals surface area contributed by atoms with E-state index in [0.29, 0.717) is 40.9 Å². The molecule has 150 valence electrons. The van der Waals surface area contributed by atoms with Crippen molar-refractivity contribution < 1.29 is 8.42 Å². The Kier molecular flexibility index (Phi) is 5.75. The first-order chi connectivity index (χ1) is 14.0. The van der Waals surface area contributed by atoms with Crippen molar-refractivity contribution in [3.63, 3.8) is 0 Å². The Morgan fingerprint density at radius 3 is 2.72 bits per heavy atom. The molecule has 1 unspecified atom stereocenters. The summed E-state index contributed by atoms with van der Waals surface area (Å²) in [6.45, 7) is 0.455. The number of aromatic nitrogens is 3. The highest BCUT2D eigenvalue weighted by Crippen LogP contribution is 2.35. The topological polar surface area (TPSA) is 88.1 Å². The summed E-state index contributed by atoms with van der Waals surface area (Å²) in [4.78, 5) is 13.1. The maximum atomic E-state index is 13.1. The van der Waals surface area contributed by atoms with E-state index in [1.807, 2.05) is 18.2 Å². The molecule has 3 heterocycles. The molecule has 1 aliphatic rings. The lowest BCUT2D eigenvalue weighted by Crippen LogP contribution is -2.32. The van der Waals surface area contributed by atoms with Gasteiger partial charge in [-0.25, -0.2) is 18.4 Å². The zero-order chi connectivity index (χ0) is 20.3. The van der Waals surface area contributed by atoms with Gasteiger partial charge >= 0.3 is 0 Å². The van der Waals surface area contributed by atoms with Gasteiger partial charge in [-0.2, -0.15) is 4.31 Å². The molecule has 0 spiro atoms. The highest BCUT2D eigenvalue weighted by atomic mass is 35.5. The fourth-order valence-electron chi connectivity index (χ4n) is 3.43. The third kappa shape index (κ3) is 4.55. The van der Waals surface area contributed by atoms with E-state index in [9.17, 15) is 8.42 Å². The van der Waals surface area contributed by atoms with Gasteiger partial charge in [-0.1, -0.05) is 35.9 Å². The van der Waals surface area contributed by atoms with E-state index in [0.717, 1.165) is 6.42 Å². The van der Waals surface area contributed by atoms with Gasteiger partial charge in [0.05, 0.1) is 29.9 Å². The summed E-state index contributed by atoms with van der Waals surface area (Å²) in [5, 5.41) is 3.55. The summed E-state index contributed by atoms with van der Waals surface area (Å²) in [6, 6.07) is 12.2. The Morgan fingerprint density at radius 2 is 1.93 bits per heavy atom. The standard InChI is InChI=1S/C20H20ClN5O2S/c21-16-7-2-1-6-15(16)14-29(27,28)26-11-5-8-18(26)17-12-22-13-20(24-17)25-19-9-3-4-10-23-19/h1-4,6-7,9-10,12-13,18H,5,8,11,14H2,(H,23,24,25). The molecular weight excluding hydrogens is 410 g/mol. The first-order valence-corrected chi connectivity index (χ1v) is 11.2. The number of nitrogens with one attached hydrogen (secondary N) is 1. The minimum Gasteiger partial charge on any atom is -0.324 e. The molecule has 0 radical (unpaired) electrons. The van der Waals surface area contributed by atoms with Crippen LogP contribution in [-0.2, 0) is 15.8 Å². The monoisotopic (exact) mass is 429 g/mol. The zero-order valence-electron chi connectivity index (χ0n) is 15.6. The van der Waals surface area contributed by atoms with Crippen molar-refractivity contribution in [2.75, 3.05) is 11.9 Å². The van der Waals surface area contributed by atoms with Crippen molar-refractivity contribution in [1.82, 2.24) is 19.3 Å². The second-order valence-corrected chi connectivity index (χ2v) is 9.11. The molecule has 7 nitrogen and oxygen atoms in total. The molecule has 9 heteroatoms. The van der Waals surface area contributed by atoms with Crippen molar-refractivity contribution in [1.29, 1.82) is 0 Å². The summed E-state index contributed by atoms with van der Waals surface area (Å²) < 4.78 is 27.7. The molecule has 2 aromatic heterocycles. The Bertz CT molecular complexity index is 1090. The molecular formula is C20H20ClN5O2S. The van der Waals surface area contributed by atoms with Crippen molar-refractivity contribution in [3.8, 4) is 0 Å². The SMILES string of the molecule is O=S(=O)(Cc1ccccc1Cl)N1CCCC1c1cncc(Nc2ccccn2)n1. The van der Waals surface area contributed by atoms with Crippen LogP contribution in [0.15, 0.2) is 61.1 Å². The normalized spacial score (nSPS) is 17.3. The van der Waals surface area contributed by atoms with E-state index in [2.05, 4.69) is 20.3 Å². The first-order valence-electron chi connectivity index (χ1n) is 9.26. The fraction of sp³-hybridized carbons (Fsp3) is 0.250. The maximum Gasteiger partial charge on any atom is 0.218 e. The van der Waals surface area contributed by atoms with Crippen LogP contribution in [0, 0.1) is 0 Å². The third-order valence-electron chi connectivity index (χ3n) is 4.77. The van der Waals surface area contributed by atoms with Gasteiger partial charge in [-0.05, 0) is 36.6 Å². The zero-order valence-corrected chi connectivity index (χ0v) is 17.1. The summed E-state index contributed by atoms with van der Waals surface area (Å²) in [6.07, 6.45) is 6.36. The molecule has 0 bridgehead atoms. The van der Waals surface area contributed by atoms with Crippen LogP contribution in [-0.4, -0.2) is 34.2 Å². The van der Waals surface area contributed by atoms with Gasteiger partial charge in [0.15, 0.2) is 0 Å². The molecule has 1 aliphatic heterocycles. The minimum absolute atomic E-state index is 0.136. The highest BCUT2D eigenvalue weighted by molar-refractivity contribution is 7.88. The number of halogens is 1. The molecule has 1 aromatic carbocycles. The summed E-state index contributed by atoms with van der Waals surface area (Å²) in [5.41, 5.74) is 1.21. The number of benzene rings is 1. The molecule has 0 saturated carbocycles. The second-order valence-electron chi connectivity index (χ2n) is 6.79. The molecule has 4 rings (SSSR count). The number of hydrogen-bond donors (Lipinski definition) is 1. The van der Waals surface area contributed by atoms with E-state index in [-0.39, 0.29) is 11.8 Å². The quantitative estimate of drug-likeness (QED) is 0.638. The Morgan fingerprint density at radius 1 is 1.10 bits per heavy atom. The number of hydrogen-bond acceptors (Lipinski definition) is 6. The highest BCUT2D eigenvalue weighted by Gasteiger charge is 2.36. The van der Waals surface area contributed by atoms with Crippen LogP contribution in [0.2, 0.25) is 5.02 Å². The van der Waals surface area contributed by atoms with Gasteiger partial charge in [0, 0.05) is 17.8 Å². The predicted molar refractivity (Wildman–Crippen MR) is 112 cm³/mol. The van der Waals surface area contributed by atoms with Crippen molar-refractivity contribution in [3.05, 3.63) is 77.3 Å². The van der Waals surface area contributed by atoms with Gasteiger partial charge in [-0.3, -0.25) is 4.98 Å². The first kappa shape index (κ1) is 19.8. The van der Waals surface area contributed by atoms with Gasteiger partial charge in [0.25, 0.3) is 0 Å². The van der Waals surface area contributed by atoms with Crippen molar-refractivity contribution in [2.24, 2.45) is 0 Å². The molecule has 0 amide bonds. The average molecular weight is 430 g/mol. The lowest BCUT2D eigenvalue weighted by Gasteiger charge is -2.24. The van der Waals surface area contributed by atoms with Gasteiger partial charge in [0.1, 0.15) is 11.6 Å². The molecule has 29 heavy (non-hydrogen) atoms. The number of rotatable bonds is 6. The lowest BCUT2D eigenvalue weighted by atomic mass is 10.2. The molecule has 0 aliphatic carbocycles. The number of pyridine rings is 1. The van der Waals surface area contributed by atoms with Crippen LogP contribution in [0.3, 0.4) is 0 Å². The summed E-state index contributed by atoms with van der Waals surface area (Å²) in [7, 11) is -3.56. The maximum absolute atomic E-state index is 13.1. The van der Waals surface area contributed by atoms with E-state index >= 15 is 0 Å². The fourth-order valence-corrected chi connectivity index (χ4v) is 5.53. The van der Waals surface area contributed by atoms with E-state index in [1.165, 1.54) is 4.31 Å². The molecule has 3 aromatic rings. The average Bonchev–Trinajstić information content (AvgIpc) is 3.22. The van der Waals surface area contributed by atoms with Crippen LogP contribution >= 0.6 is 11.6 Å². The van der Waals surface area contributed by atoms with Crippen LogP contribution in [0.1, 0.15) is 30.1 Å². The summed E-state index contributed by atoms with van der Waals surface area (Å²) in [5.74, 6) is 1.03. The Balaban J connectivity index is 1.57. The van der Waals surface area contributed by atoms with E-state index in [1.54, 1.807) is 42.9 Å². The lowest BCUT2D eigenvalue weighted by molar-refractivity contribution is 0.389. The molecule has 1 fully saturated rings. The number of anilines is 2. The van der Waals surface area contributed by atoms with Gasteiger partial charge < -0.3 is 5.32 Å². The number of sulfonamides is 1. The second kappa shape index (κ2) is 8.44. The van der Waals surface area contributed by atoms with Crippen LogP contribution < -0.4 is 5.32 Å².